The van der Waals surface area contributed by atoms with Crippen molar-refractivity contribution in [2.75, 3.05) is 25.7 Å². The smallest absolute Gasteiger partial charge is 0.277 e. The number of methoxy groups -OCH3 is 2. The van der Waals surface area contributed by atoms with E-state index in [1.807, 2.05) is 4.68 Å². The van der Waals surface area contributed by atoms with Gasteiger partial charge in [-0.2, -0.15) is 0 Å². The number of anilines is 2. The number of fused-ring (bicyclic) bond motifs is 2. The predicted octanol–water partition coefficient (Wildman–Crippen LogP) is 4.46. The maximum atomic E-state index is 11.5. The van der Waals surface area contributed by atoms with Crippen LogP contribution in [0.1, 0.15) is 45.2 Å². The first-order valence-corrected chi connectivity index (χ1v) is 14.7. The number of nitrogens with two attached hydrogens (primary N) is 2. The first kappa shape index (κ1) is 32.1. The number of rotatable bonds is 6. The molecule has 0 aliphatic heterocycles. The summed E-state index contributed by atoms with van der Waals surface area (Å²) in [5.74, 6) is 2.80. The molecular formula is C29H33BrN12O4. The van der Waals surface area contributed by atoms with Crippen LogP contribution in [0.15, 0.2) is 58.7 Å². The summed E-state index contributed by atoms with van der Waals surface area (Å²) in [5, 5.41) is 8.24. The van der Waals surface area contributed by atoms with Crippen LogP contribution in [0.4, 0.5) is 11.6 Å². The Morgan fingerprint density at radius 2 is 1.43 bits per heavy atom. The Balaban J connectivity index is 0.000000149. The molecule has 16 nitrogen and oxygen atoms in total. The molecule has 5 N–H and O–H groups in total. The van der Waals surface area contributed by atoms with Gasteiger partial charge in [-0.15, -0.1) is 5.10 Å². The highest BCUT2D eigenvalue weighted by molar-refractivity contribution is 9.10. The number of nitrogen functional groups attached to an aromatic ring is 2. The SMILES string of the molecule is C.COc1ccnc(Br)c1.COc1ccnc(Oc2nn(C3CC3)c3ncnc(N)c23)c1.Nc1ncnc2c1c(=O)[nH]n2C1CC1. The van der Waals surface area contributed by atoms with Gasteiger partial charge in [0.1, 0.15) is 51.2 Å². The molecule has 0 atom stereocenters. The fourth-order valence-corrected chi connectivity index (χ4v) is 4.74. The zero-order valence-electron chi connectivity index (χ0n) is 24.3. The summed E-state index contributed by atoms with van der Waals surface area (Å²) in [4.78, 5) is 35.8. The van der Waals surface area contributed by atoms with Crippen LogP contribution in [0, 0.1) is 0 Å². The van der Waals surface area contributed by atoms with Crippen molar-refractivity contribution in [3.8, 4) is 23.3 Å². The second-order valence-corrected chi connectivity index (χ2v) is 10.9. The van der Waals surface area contributed by atoms with Gasteiger partial charge in [-0.1, -0.05) is 7.43 Å². The third-order valence-corrected chi connectivity index (χ3v) is 7.34. The highest BCUT2D eigenvalue weighted by Gasteiger charge is 2.30. The molecule has 2 aliphatic carbocycles. The summed E-state index contributed by atoms with van der Waals surface area (Å²) in [6.07, 6.45) is 10.4. The molecule has 17 heteroatoms. The number of nitrogens with zero attached hydrogens (tertiary/aromatic N) is 9. The van der Waals surface area contributed by atoms with Crippen LogP contribution in [0.25, 0.3) is 22.1 Å². The third kappa shape index (κ3) is 6.98. The second-order valence-electron chi connectivity index (χ2n) is 10.1. The largest absolute Gasteiger partial charge is 0.497 e. The lowest BCUT2D eigenvalue weighted by Gasteiger charge is -2.04. The Bertz CT molecular complexity index is 2020. The highest BCUT2D eigenvalue weighted by atomic mass is 79.9. The van der Waals surface area contributed by atoms with E-state index >= 15 is 0 Å². The number of pyridine rings is 2. The molecule has 0 saturated heterocycles. The molecule has 0 bridgehead atoms. The van der Waals surface area contributed by atoms with Crippen LogP contribution in [0.3, 0.4) is 0 Å². The Labute approximate surface area is 271 Å². The predicted molar refractivity (Wildman–Crippen MR) is 175 cm³/mol. The Morgan fingerprint density at radius 1 is 0.826 bits per heavy atom. The van der Waals surface area contributed by atoms with Crippen molar-refractivity contribution < 1.29 is 14.2 Å². The van der Waals surface area contributed by atoms with E-state index in [4.69, 9.17) is 25.7 Å². The lowest BCUT2D eigenvalue weighted by molar-refractivity contribution is 0.401. The fourth-order valence-electron chi connectivity index (χ4n) is 4.40. The topological polar surface area (TPSA) is 213 Å². The molecule has 6 aromatic heterocycles. The van der Waals surface area contributed by atoms with Crippen LogP contribution in [0.5, 0.6) is 23.3 Å². The molecule has 2 aliphatic rings. The zero-order chi connectivity index (χ0) is 31.5. The molecular weight excluding hydrogens is 660 g/mol. The summed E-state index contributed by atoms with van der Waals surface area (Å²) in [6, 6.07) is 7.76. The number of H-pyrrole nitrogens is 1. The monoisotopic (exact) mass is 692 g/mol. The van der Waals surface area contributed by atoms with Crippen LogP contribution >= 0.6 is 15.9 Å². The van der Waals surface area contributed by atoms with E-state index in [1.54, 1.807) is 55.6 Å². The minimum atomic E-state index is -0.204. The maximum Gasteiger partial charge on any atom is 0.277 e. The number of aromatic nitrogens is 10. The molecule has 240 valence electrons. The van der Waals surface area contributed by atoms with Crippen molar-refractivity contribution in [2.45, 2.75) is 45.2 Å². The number of aromatic amines is 1. The van der Waals surface area contributed by atoms with Gasteiger partial charge in [0.2, 0.25) is 5.88 Å². The molecule has 0 unspecified atom stereocenters. The lowest BCUT2D eigenvalue weighted by Crippen LogP contribution is -2.04. The molecule has 6 aromatic rings. The van der Waals surface area contributed by atoms with Crippen LogP contribution in [-0.2, 0) is 0 Å². The molecule has 2 fully saturated rings. The standard InChI is InChI=1S/C14H14N6O2.C8H9N5O.C6H6BrNO.CH4/c1-21-9-4-5-16-10(6-9)22-14-11-12(15)17-7-18-13(11)20(19-14)8-2-3-8;9-6-5-7(11-3-10-6)13(4-1-2-4)12-8(5)14;1-9-5-2-3-8-6(7)4-5;/h4-8H,2-3H2,1H3,(H2,15,17,18);3-4H,1-2H2,(H,12,14)(H2,9,10,11);2-4H,1H3;1H4. The van der Waals surface area contributed by atoms with Crippen molar-refractivity contribution in [3.63, 3.8) is 0 Å². The van der Waals surface area contributed by atoms with Crippen LogP contribution in [-0.4, -0.2) is 63.7 Å². The van der Waals surface area contributed by atoms with Gasteiger partial charge in [0.25, 0.3) is 11.4 Å². The first-order valence-electron chi connectivity index (χ1n) is 13.9. The Morgan fingerprint density at radius 3 is 2.04 bits per heavy atom. The average Bonchev–Trinajstić information content (AvgIpc) is 3.99. The van der Waals surface area contributed by atoms with E-state index in [0.29, 0.717) is 57.5 Å². The number of ether oxygens (including phenoxy) is 3. The molecule has 2 saturated carbocycles. The van der Waals surface area contributed by atoms with Gasteiger partial charge >= 0.3 is 0 Å². The Kier molecular flexibility index (Phi) is 9.60. The summed E-state index contributed by atoms with van der Waals surface area (Å²) < 4.78 is 20.3. The number of nitrogens with one attached hydrogen (secondary N) is 1. The molecule has 0 radical (unpaired) electrons. The zero-order valence-corrected chi connectivity index (χ0v) is 25.9. The number of hydrogen-bond acceptors (Lipinski definition) is 13. The number of hydrogen-bond donors (Lipinski definition) is 3. The highest BCUT2D eigenvalue weighted by Crippen LogP contribution is 2.40. The third-order valence-electron chi connectivity index (χ3n) is 6.90. The lowest BCUT2D eigenvalue weighted by atomic mass is 10.4. The van der Waals surface area contributed by atoms with Crippen molar-refractivity contribution in [1.82, 2.24) is 49.5 Å². The summed E-state index contributed by atoms with van der Waals surface area (Å²) >= 11 is 3.21. The molecule has 0 aromatic carbocycles. The van der Waals surface area contributed by atoms with E-state index in [-0.39, 0.29) is 18.8 Å². The van der Waals surface area contributed by atoms with Crippen molar-refractivity contribution in [1.29, 1.82) is 0 Å². The van der Waals surface area contributed by atoms with Crippen molar-refractivity contribution >= 4 is 49.6 Å². The molecule has 0 spiro atoms. The number of halogens is 1. The quantitative estimate of drug-likeness (QED) is 0.206. The van der Waals surface area contributed by atoms with Gasteiger partial charge in [-0.05, 0) is 53.7 Å². The van der Waals surface area contributed by atoms with Crippen molar-refractivity contribution in [2.24, 2.45) is 0 Å². The normalized spacial score (nSPS) is 13.5. The Hall–Kier alpha value is -5.32. The van der Waals surface area contributed by atoms with E-state index in [2.05, 4.69) is 56.0 Å². The average molecular weight is 694 g/mol. The van der Waals surface area contributed by atoms with Gasteiger partial charge in [0, 0.05) is 24.5 Å². The summed E-state index contributed by atoms with van der Waals surface area (Å²) in [5.41, 5.74) is 12.7. The van der Waals surface area contributed by atoms with E-state index in [1.165, 1.54) is 12.7 Å². The second kappa shape index (κ2) is 13.8. The van der Waals surface area contributed by atoms with Gasteiger partial charge in [0.05, 0.1) is 26.3 Å². The van der Waals surface area contributed by atoms with Gasteiger partial charge in [-0.3, -0.25) is 14.6 Å². The maximum absolute atomic E-state index is 11.5. The van der Waals surface area contributed by atoms with Crippen molar-refractivity contribution in [3.05, 3.63) is 64.3 Å². The van der Waals surface area contributed by atoms with Gasteiger partial charge in [0.15, 0.2) is 11.3 Å². The molecule has 0 amide bonds. The van der Waals surface area contributed by atoms with E-state index in [0.717, 1.165) is 36.0 Å². The van der Waals surface area contributed by atoms with Crippen LogP contribution < -0.4 is 31.2 Å². The molecule has 8 rings (SSSR count). The fraction of sp³-hybridized carbons (Fsp3) is 0.310. The molecule has 46 heavy (non-hydrogen) atoms. The van der Waals surface area contributed by atoms with E-state index < -0.39 is 0 Å². The van der Waals surface area contributed by atoms with Gasteiger partial charge < -0.3 is 25.7 Å². The minimum Gasteiger partial charge on any atom is -0.497 e. The summed E-state index contributed by atoms with van der Waals surface area (Å²) in [7, 11) is 3.21. The van der Waals surface area contributed by atoms with Gasteiger partial charge in [-0.25, -0.2) is 34.6 Å². The minimum absolute atomic E-state index is 0. The summed E-state index contributed by atoms with van der Waals surface area (Å²) in [6.45, 7) is 0. The van der Waals surface area contributed by atoms with E-state index in [9.17, 15) is 4.79 Å². The van der Waals surface area contributed by atoms with Crippen LogP contribution in [0.2, 0.25) is 0 Å². The first-order chi connectivity index (χ1) is 21.9. The molecule has 6 heterocycles.